The first kappa shape index (κ1) is 15.2. The monoisotopic (exact) mass is 264 g/mol. The number of benzene rings is 1. The molecule has 0 aliphatic carbocycles. The van der Waals surface area contributed by atoms with E-state index in [1.165, 1.54) is 0 Å². The maximum atomic E-state index is 11.1. The number of sulfonamides is 1. The van der Waals surface area contributed by atoms with Crippen LogP contribution in [0.25, 0.3) is 0 Å². The Hall–Kier alpha value is -0.780. The van der Waals surface area contributed by atoms with Crippen molar-refractivity contribution in [2.45, 2.75) is 19.9 Å². The average molecular weight is 265 g/mol. The van der Waals surface area contributed by atoms with Gasteiger partial charge in [-0.3, -0.25) is 4.72 Å². The van der Waals surface area contributed by atoms with Gasteiger partial charge >= 0.3 is 0 Å². The predicted octanol–water partition coefficient (Wildman–Crippen LogP) is 1.81. The van der Waals surface area contributed by atoms with E-state index in [9.17, 15) is 8.42 Å². The molecule has 0 saturated carbocycles. The van der Waals surface area contributed by atoms with Gasteiger partial charge in [-0.15, -0.1) is 12.4 Å². The van der Waals surface area contributed by atoms with Gasteiger partial charge in [-0.2, -0.15) is 0 Å². The fourth-order valence-electron chi connectivity index (χ4n) is 1.46. The van der Waals surface area contributed by atoms with Crippen molar-refractivity contribution in [2.75, 3.05) is 11.0 Å². The molecule has 0 saturated heterocycles. The maximum Gasteiger partial charge on any atom is 0.229 e. The van der Waals surface area contributed by atoms with E-state index in [2.05, 4.69) is 4.72 Å². The van der Waals surface area contributed by atoms with Gasteiger partial charge < -0.3 is 5.73 Å². The van der Waals surface area contributed by atoms with Crippen LogP contribution in [-0.4, -0.2) is 14.7 Å². The van der Waals surface area contributed by atoms with Gasteiger partial charge in [-0.1, -0.05) is 12.1 Å². The van der Waals surface area contributed by atoms with E-state index in [4.69, 9.17) is 5.73 Å². The van der Waals surface area contributed by atoms with Gasteiger partial charge in [0.25, 0.3) is 0 Å². The largest absolute Gasteiger partial charge is 0.324 e. The summed E-state index contributed by atoms with van der Waals surface area (Å²) in [5.74, 6) is 0. The number of hydrogen-bond acceptors (Lipinski definition) is 3. The van der Waals surface area contributed by atoms with Gasteiger partial charge in [0, 0.05) is 6.04 Å². The van der Waals surface area contributed by atoms with Crippen LogP contribution in [-0.2, 0) is 10.0 Å². The quantitative estimate of drug-likeness (QED) is 0.875. The van der Waals surface area contributed by atoms with Gasteiger partial charge in [0.1, 0.15) is 0 Å². The standard InChI is InChI=1S/C10H16N2O2S.ClH/c1-7-9(8(2)11)5-4-6-10(7)12-15(3,13)14;/h4-6,8,12H,11H2,1-3H3;1H/t8-;/m1./s1. The number of anilines is 1. The second-order valence-corrected chi connectivity index (χ2v) is 5.43. The van der Waals surface area contributed by atoms with Crippen LogP contribution >= 0.6 is 12.4 Å². The Morgan fingerprint density at radius 3 is 2.38 bits per heavy atom. The zero-order valence-corrected chi connectivity index (χ0v) is 11.2. The van der Waals surface area contributed by atoms with E-state index in [-0.39, 0.29) is 18.4 Å². The zero-order chi connectivity index (χ0) is 11.6. The summed E-state index contributed by atoms with van der Waals surface area (Å²) in [6, 6.07) is 5.31. The average Bonchev–Trinajstić information content (AvgIpc) is 2.05. The molecule has 0 amide bonds. The Labute approximate surface area is 103 Å². The molecule has 92 valence electrons. The first-order valence-corrected chi connectivity index (χ1v) is 6.53. The number of hydrogen-bond donors (Lipinski definition) is 2. The molecule has 1 aromatic carbocycles. The third kappa shape index (κ3) is 4.00. The Morgan fingerprint density at radius 2 is 1.94 bits per heavy atom. The summed E-state index contributed by atoms with van der Waals surface area (Å²) in [6.07, 6.45) is 1.13. The number of rotatable bonds is 3. The molecule has 4 nitrogen and oxygen atoms in total. The van der Waals surface area contributed by atoms with E-state index in [0.717, 1.165) is 17.4 Å². The Bertz CT molecular complexity index is 458. The molecule has 16 heavy (non-hydrogen) atoms. The number of nitrogens with one attached hydrogen (secondary N) is 1. The highest BCUT2D eigenvalue weighted by Crippen LogP contribution is 2.23. The van der Waals surface area contributed by atoms with E-state index in [1.807, 2.05) is 19.9 Å². The van der Waals surface area contributed by atoms with Crippen LogP contribution < -0.4 is 10.5 Å². The molecule has 0 radical (unpaired) electrons. The number of halogens is 1. The lowest BCUT2D eigenvalue weighted by molar-refractivity contribution is 0.606. The second kappa shape index (κ2) is 5.52. The van der Waals surface area contributed by atoms with Crippen LogP contribution in [0, 0.1) is 6.92 Å². The van der Waals surface area contributed by atoms with Crippen LogP contribution in [0.3, 0.4) is 0 Å². The van der Waals surface area contributed by atoms with Crippen molar-refractivity contribution in [1.82, 2.24) is 0 Å². The lowest BCUT2D eigenvalue weighted by Crippen LogP contribution is -2.13. The van der Waals surface area contributed by atoms with Crippen molar-refractivity contribution >= 4 is 28.1 Å². The predicted molar refractivity (Wildman–Crippen MR) is 69.5 cm³/mol. The van der Waals surface area contributed by atoms with Gasteiger partial charge in [0.15, 0.2) is 0 Å². The van der Waals surface area contributed by atoms with Crippen LogP contribution in [0.5, 0.6) is 0 Å². The second-order valence-electron chi connectivity index (χ2n) is 3.68. The Kier molecular flexibility index (Phi) is 5.25. The molecule has 6 heteroatoms. The summed E-state index contributed by atoms with van der Waals surface area (Å²) in [7, 11) is -3.23. The fourth-order valence-corrected chi connectivity index (χ4v) is 2.08. The van der Waals surface area contributed by atoms with Crippen molar-refractivity contribution in [3.8, 4) is 0 Å². The Morgan fingerprint density at radius 1 is 1.38 bits per heavy atom. The lowest BCUT2D eigenvalue weighted by atomic mass is 10.0. The maximum absolute atomic E-state index is 11.1. The zero-order valence-electron chi connectivity index (χ0n) is 9.52. The van der Waals surface area contributed by atoms with Gasteiger partial charge in [-0.25, -0.2) is 8.42 Å². The van der Waals surface area contributed by atoms with Gasteiger partial charge in [0.2, 0.25) is 10.0 Å². The molecule has 0 unspecified atom stereocenters. The molecule has 0 aliphatic heterocycles. The van der Waals surface area contributed by atoms with Gasteiger partial charge in [0.05, 0.1) is 11.9 Å². The normalized spacial score (nSPS) is 12.8. The summed E-state index contributed by atoms with van der Waals surface area (Å²) in [4.78, 5) is 0. The highest BCUT2D eigenvalue weighted by atomic mass is 35.5. The van der Waals surface area contributed by atoms with Crippen molar-refractivity contribution in [3.63, 3.8) is 0 Å². The molecular weight excluding hydrogens is 248 g/mol. The lowest BCUT2D eigenvalue weighted by Gasteiger charge is -2.14. The number of nitrogens with two attached hydrogens (primary N) is 1. The molecule has 1 aromatic rings. The Balaban J connectivity index is 0.00000225. The molecule has 1 rings (SSSR count). The fraction of sp³-hybridized carbons (Fsp3) is 0.400. The topological polar surface area (TPSA) is 72.2 Å². The first-order valence-electron chi connectivity index (χ1n) is 4.64. The molecule has 0 heterocycles. The van der Waals surface area contributed by atoms with E-state index in [1.54, 1.807) is 12.1 Å². The molecular formula is C10H17ClN2O2S. The molecule has 3 N–H and O–H groups in total. The van der Waals surface area contributed by atoms with Gasteiger partial charge in [-0.05, 0) is 31.0 Å². The summed E-state index contributed by atoms with van der Waals surface area (Å²) in [5, 5.41) is 0. The van der Waals surface area contributed by atoms with Crippen LogP contribution in [0.15, 0.2) is 18.2 Å². The molecule has 0 bridgehead atoms. The molecule has 0 aromatic heterocycles. The molecule has 0 aliphatic rings. The highest BCUT2D eigenvalue weighted by molar-refractivity contribution is 7.92. The van der Waals surface area contributed by atoms with E-state index >= 15 is 0 Å². The van der Waals surface area contributed by atoms with Crippen molar-refractivity contribution in [3.05, 3.63) is 29.3 Å². The van der Waals surface area contributed by atoms with Crippen molar-refractivity contribution < 1.29 is 8.42 Å². The minimum Gasteiger partial charge on any atom is -0.324 e. The summed E-state index contributed by atoms with van der Waals surface area (Å²) in [5.41, 5.74) is 8.18. The smallest absolute Gasteiger partial charge is 0.229 e. The molecule has 0 fully saturated rings. The van der Waals surface area contributed by atoms with Crippen molar-refractivity contribution in [1.29, 1.82) is 0 Å². The van der Waals surface area contributed by atoms with E-state index < -0.39 is 10.0 Å². The summed E-state index contributed by atoms with van der Waals surface area (Å²) >= 11 is 0. The minimum atomic E-state index is -3.23. The third-order valence-corrected chi connectivity index (χ3v) is 2.75. The van der Waals surface area contributed by atoms with E-state index in [0.29, 0.717) is 5.69 Å². The SMILES string of the molecule is Cc1c(NS(C)(=O)=O)cccc1[C@@H](C)N.Cl. The summed E-state index contributed by atoms with van der Waals surface area (Å²) < 4.78 is 24.6. The van der Waals surface area contributed by atoms with Crippen LogP contribution in [0.2, 0.25) is 0 Å². The van der Waals surface area contributed by atoms with Crippen molar-refractivity contribution in [2.24, 2.45) is 5.73 Å². The molecule has 1 atom stereocenters. The van der Waals surface area contributed by atoms with Crippen LogP contribution in [0.4, 0.5) is 5.69 Å². The summed E-state index contributed by atoms with van der Waals surface area (Å²) in [6.45, 7) is 3.72. The minimum absolute atomic E-state index is 0. The molecule has 0 spiro atoms. The third-order valence-electron chi connectivity index (χ3n) is 2.16. The van der Waals surface area contributed by atoms with Crippen LogP contribution in [0.1, 0.15) is 24.1 Å². The highest BCUT2D eigenvalue weighted by Gasteiger charge is 2.09. The first-order chi connectivity index (χ1) is 6.81.